The number of aromatic nitrogens is 4. The van der Waals surface area contributed by atoms with Crippen LogP contribution in [0.15, 0.2) is 24.3 Å². The Hall–Kier alpha value is -2.24. The highest BCUT2D eigenvalue weighted by Gasteiger charge is 2.10. The Kier molecular flexibility index (Phi) is 4.67. The predicted octanol–water partition coefficient (Wildman–Crippen LogP) is 1.99. The number of amides is 1. The lowest BCUT2D eigenvalue weighted by Crippen LogP contribution is -2.33. The van der Waals surface area contributed by atoms with Gasteiger partial charge in [-0.05, 0) is 30.5 Å². The number of nitrogens with one attached hydrogen (secondary N) is 1. The lowest BCUT2D eigenvalue weighted by atomic mass is 10.0. The number of tetrazole rings is 1. The summed E-state index contributed by atoms with van der Waals surface area (Å²) < 4.78 is 0. The number of hydrogen-bond acceptors (Lipinski definition) is 4. The molecule has 0 fully saturated rings. The monoisotopic (exact) mass is 287 g/mol. The van der Waals surface area contributed by atoms with E-state index in [0.29, 0.717) is 11.7 Å². The number of hydrogen-bond donors (Lipinski definition) is 1. The molecule has 1 amide bonds. The van der Waals surface area contributed by atoms with Crippen LogP contribution in [0, 0.1) is 0 Å². The molecule has 6 nitrogen and oxygen atoms in total. The molecule has 6 heteroatoms. The van der Waals surface area contributed by atoms with E-state index < -0.39 is 0 Å². The van der Waals surface area contributed by atoms with E-state index in [1.165, 1.54) is 10.4 Å². The number of carbonyl (C=O) groups is 1. The molecule has 0 aliphatic rings. The molecule has 1 N–H and O–H groups in total. The summed E-state index contributed by atoms with van der Waals surface area (Å²) in [6.07, 6.45) is 0. The molecular formula is C15H21N5O. The third-order valence-electron chi connectivity index (χ3n) is 3.02. The maximum atomic E-state index is 11.6. The zero-order valence-electron chi connectivity index (χ0n) is 12.9. The first-order chi connectivity index (χ1) is 9.95. The van der Waals surface area contributed by atoms with Gasteiger partial charge in [0.2, 0.25) is 11.7 Å². The lowest BCUT2D eigenvalue weighted by Gasteiger charge is -2.06. The van der Waals surface area contributed by atoms with Gasteiger partial charge in [0.25, 0.3) is 0 Å². The summed E-state index contributed by atoms with van der Waals surface area (Å²) in [5.41, 5.74) is 2.16. The Bertz CT molecular complexity index is 601. The van der Waals surface area contributed by atoms with Gasteiger partial charge >= 0.3 is 0 Å². The second-order valence-corrected chi connectivity index (χ2v) is 5.64. The summed E-state index contributed by atoms with van der Waals surface area (Å²) >= 11 is 0. The fraction of sp³-hybridized carbons (Fsp3) is 0.467. The van der Waals surface area contributed by atoms with Crippen molar-refractivity contribution in [3.8, 4) is 11.4 Å². The molecule has 21 heavy (non-hydrogen) atoms. The minimum absolute atomic E-state index is 0.0786. The van der Waals surface area contributed by atoms with Gasteiger partial charge in [0.15, 0.2) is 0 Å². The van der Waals surface area contributed by atoms with Crippen molar-refractivity contribution in [3.63, 3.8) is 0 Å². The van der Waals surface area contributed by atoms with E-state index in [0.717, 1.165) is 5.56 Å². The highest BCUT2D eigenvalue weighted by molar-refractivity contribution is 5.75. The molecule has 1 heterocycles. The Morgan fingerprint density at radius 1 is 1.19 bits per heavy atom. The quantitative estimate of drug-likeness (QED) is 0.912. The summed E-state index contributed by atoms with van der Waals surface area (Å²) in [6, 6.07) is 8.18. The first-order valence-electron chi connectivity index (χ1n) is 7.13. The smallest absolute Gasteiger partial charge is 0.243 e. The van der Waals surface area contributed by atoms with Crippen molar-refractivity contribution in [3.05, 3.63) is 29.8 Å². The fourth-order valence-electron chi connectivity index (χ4n) is 1.94. The minimum Gasteiger partial charge on any atom is -0.352 e. The summed E-state index contributed by atoms with van der Waals surface area (Å²) in [4.78, 5) is 13.0. The van der Waals surface area contributed by atoms with Crippen LogP contribution in [-0.4, -0.2) is 32.2 Å². The van der Waals surface area contributed by atoms with Crippen LogP contribution < -0.4 is 5.32 Å². The molecule has 0 unspecified atom stereocenters. The first kappa shape index (κ1) is 15.2. The van der Waals surface area contributed by atoms with Crippen LogP contribution in [0.3, 0.4) is 0 Å². The molecule has 0 aliphatic heterocycles. The molecule has 0 radical (unpaired) electrons. The second kappa shape index (κ2) is 6.47. The van der Waals surface area contributed by atoms with Crippen molar-refractivity contribution >= 4 is 5.91 Å². The molecule has 2 aromatic rings. The molecule has 2 rings (SSSR count). The van der Waals surface area contributed by atoms with Gasteiger partial charge in [0.05, 0.1) is 0 Å². The number of benzene rings is 1. The van der Waals surface area contributed by atoms with E-state index in [9.17, 15) is 4.79 Å². The standard InChI is InChI=1S/C15H21N5O/c1-10(2)12-5-7-13(8-6-12)15-17-19-20(18-15)9-14(21)16-11(3)4/h5-8,10-11H,9H2,1-4H3,(H,16,21). The zero-order valence-corrected chi connectivity index (χ0v) is 12.9. The number of nitrogens with zero attached hydrogens (tertiary/aromatic N) is 4. The highest BCUT2D eigenvalue weighted by Crippen LogP contribution is 2.19. The summed E-state index contributed by atoms with van der Waals surface area (Å²) in [7, 11) is 0. The van der Waals surface area contributed by atoms with E-state index in [1.807, 2.05) is 26.0 Å². The van der Waals surface area contributed by atoms with E-state index in [-0.39, 0.29) is 18.5 Å². The topological polar surface area (TPSA) is 72.7 Å². The van der Waals surface area contributed by atoms with Gasteiger partial charge in [-0.25, -0.2) is 0 Å². The van der Waals surface area contributed by atoms with Gasteiger partial charge in [-0.3, -0.25) is 4.79 Å². The number of carbonyl (C=O) groups excluding carboxylic acids is 1. The molecule has 0 saturated heterocycles. The average Bonchev–Trinajstić information content (AvgIpc) is 2.86. The van der Waals surface area contributed by atoms with E-state index >= 15 is 0 Å². The number of rotatable bonds is 5. The SMILES string of the molecule is CC(C)NC(=O)Cn1nnc(-c2ccc(C(C)C)cc2)n1. The van der Waals surface area contributed by atoms with E-state index in [4.69, 9.17) is 0 Å². The van der Waals surface area contributed by atoms with Crippen LogP contribution in [-0.2, 0) is 11.3 Å². The van der Waals surface area contributed by atoms with Crippen molar-refractivity contribution in [2.75, 3.05) is 0 Å². The van der Waals surface area contributed by atoms with Gasteiger partial charge in [0, 0.05) is 11.6 Å². The molecule has 0 saturated carbocycles. The molecule has 0 atom stereocenters. The van der Waals surface area contributed by atoms with Crippen molar-refractivity contribution < 1.29 is 4.79 Å². The normalized spacial score (nSPS) is 11.1. The largest absolute Gasteiger partial charge is 0.352 e. The van der Waals surface area contributed by atoms with Crippen LogP contribution >= 0.6 is 0 Å². The van der Waals surface area contributed by atoms with Crippen molar-refractivity contribution in [2.45, 2.75) is 46.2 Å². The van der Waals surface area contributed by atoms with Crippen LogP contribution in [0.2, 0.25) is 0 Å². The van der Waals surface area contributed by atoms with Crippen LogP contribution in [0.1, 0.15) is 39.2 Å². The Labute approximate surface area is 124 Å². The Morgan fingerprint density at radius 3 is 2.43 bits per heavy atom. The third kappa shape index (κ3) is 4.11. The Morgan fingerprint density at radius 2 is 1.86 bits per heavy atom. The van der Waals surface area contributed by atoms with Crippen molar-refractivity contribution in [1.29, 1.82) is 0 Å². The second-order valence-electron chi connectivity index (χ2n) is 5.64. The Balaban J connectivity index is 2.07. The molecule has 0 aliphatic carbocycles. The summed E-state index contributed by atoms with van der Waals surface area (Å²) in [5.74, 6) is 0.897. The lowest BCUT2D eigenvalue weighted by molar-refractivity contribution is -0.122. The van der Waals surface area contributed by atoms with Gasteiger partial charge < -0.3 is 5.32 Å². The highest BCUT2D eigenvalue weighted by atomic mass is 16.2. The molecule has 1 aromatic heterocycles. The minimum atomic E-state index is -0.121. The molecular weight excluding hydrogens is 266 g/mol. The van der Waals surface area contributed by atoms with Crippen LogP contribution in [0.4, 0.5) is 0 Å². The molecule has 0 spiro atoms. The molecule has 1 aromatic carbocycles. The van der Waals surface area contributed by atoms with Gasteiger partial charge in [-0.2, -0.15) is 4.80 Å². The van der Waals surface area contributed by atoms with Gasteiger partial charge in [-0.15, -0.1) is 10.2 Å². The fourth-order valence-corrected chi connectivity index (χ4v) is 1.94. The van der Waals surface area contributed by atoms with Crippen LogP contribution in [0.5, 0.6) is 0 Å². The van der Waals surface area contributed by atoms with Crippen molar-refractivity contribution in [2.24, 2.45) is 0 Å². The summed E-state index contributed by atoms with van der Waals surface area (Å²) in [5, 5.41) is 14.9. The third-order valence-corrected chi connectivity index (χ3v) is 3.02. The maximum Gasteiger partial charge on any atom is 0.243 e. The zero-order chi connectivity index (χ0) is 15.4. The first-order valence-corrected chi connectivity index (χ1v) is 7.13. The summed E-state index contributed by atoms with van der Waals surface area (Å²) in [6.45, 7) is 8.20. The van der Waals surface area contributed by atoms with Crippen molar-refractivity contribution in [1.82, 2.24) is 25.5 Å². The molecule has 0 bridgehead atoms. The van der Waals surface area contributed by atoms with Gasteiger partial charge in [-0.1, -0.05) is 38.1 Å². The molecule has 112 valence electrons. The predicted molar refractivity (Wildman–Crippen MR) is 80.6 cm³/mol. The van der Waals surface area contributed by atoms with E-state index in [2.05, 4.69) is 46.7 Å². The van der Waals surface area contributed by atoms with Gasteiger partial charge in [0.1, 0.15) is 6.54 Å². The maximum absolute atomic E-state index is 11.6. The average molecular weight is 287 g/mol. The van der Waals surface area contributed by atoms with Crippen LogP contribution in [0.25, 0.3) is 11.4 Å². The van der Waals surface area contributed by atoms with E-state index in [1.54, 1.807) is 0 Å².